The molecular weight excluding hydrogens is 324 g/mol. The maximum atomic E-state index is 12.6. The van der Waals surface area contributed by atoms with Gasteiger partial charge < -0.3 is 10.1 Å². The first-order valence-corrected chi connectivity index (χ1v) is 8.69. The van der Waals surface area contributed by atoms with Gasteiger partial charge in [0, 0.05) is 12.2 Å². The summed E-state index contributed by atoms with van der Waals surface area (Å²) in [7, 11) is 3.60. The van der Waals surface area contributed by atoms with Crippen LogP contribution >= 0.6 is 0 Å². The Bertz CT molecular complexity index is 907. The molecule has 4 heteroatoms. The molecule has 0 aliphatic carbocycles. The molecule has 0 aliphatic rings. The fraction of sp³-hybridized carbons (Fsp3) is 0.227. The number of likely N-dealkylation sites (N-methyl/N-ethyl adjacent to an activating group) is 1. The number of benzene rings is 3. The lowest BCUT2D eigenvalue weighted by Gasteiger charge is -2.24. The summed E-state index contributed by atoms with van der Waals surface area (Å²) in [6, 6.07) is 21.7. The van der Waals surface area contributed by atoms with Crippen molar-refractivity contribution >= 4 is 22.4 Å². The number of hydrogen-bond donors (Lipinski definition) is 1. The van der Waals surface area contributed by atoms with Crippen LogP contribution in [-0.4, -0.2) is 31.0 Å². The fourth-order valence-corrected chi connectivity index (χ4v) is 2.91. The average Bonchev–Trinajstić information content (AvgIpc) is 2.67. The predicted molar refractivity (Wildman–Crippen MR) is 107 cm³/mol. The molecule has 0 saturated carbocycles. The topological polar surface area (TPSA) is 41.6 Å². The highest BCUT2D eigenvalue weighted by molar-refractivity contribution is 5.97. The number of methoxy groups -OCH3 is 1. The summed E-state index contributed by atoms with van der Waals surface area (Å²) in [5.74, 6) is 0.801. The molecule has 0 spiro atoms. The van der Waals surface area contributed by atoms with Gasteiger partial charge in [-0.3, -0.25) is 9.69 Å². The van der Waals surface area contributed by atoms with Crippen molar-refractivity contribution in [3.63, 3.8) is 0 Å². The van der Waals surface area contributed by atoms with Crippen LogP contribution in [0, 0.1) is 0 Å². The van der Waals surface area contributed by atoms with Crippen molar-refractivity contribution in [2.24, 2.45) is 0 Å². The summed E-state index contributed by atoms with van der Waals surface area (Å²) in [6.07, 6.45) is 0. The minimum atomic E-state index is -0.257. The zero-order valence-corrected chi connectivity index (χ0v) is 15.4. The van der Waals surface area contributed by atoms with Crippen molar-refractivity contribution in [2.45, 2.75) is 19.5 Å². The Kier molecular flexibility index (Phi) is 5.54. The van der Waals surface area contributed by atoms with Gasteiger partial charge in [-0.1, -0.05) is 42.5 Å². The number of nitrogens with one attached hydrogen (secondary N) is 1. The Morgan fingerprint density at radius 1 is 1.04 bits per heavy atom. The van der Waals surface area contributed by atoms with E-state index in [1.807, 2.05) is 79.5 Å². The third-order valence-corrected chi connectivity index (χ3v) is 4.62. The van der Waals surface area contributed by atoms with Gasteiger partial charge in [-0.15, -0.1) is 0 Å². The van der Waals surface area contributed by atoms with Crippen LogP contribution in [0.2, 0.25) is 0 Å². The summed E-state index contributed by atoms with van der Waals surface area (Å²) < 4.78 is 5.26. The Balaban J connectivity index is 1.65. The first kappa shape index (κ1) is 18.0. The van der Waals surface area contributed by atoms with E-state index in [1.165, 1.54) is 0 Å². The highest BCUT2D eigenvalue weighted by Crippen LogP contribution is 2.20. The summed E-state index contributed by atoms with van der Waals surface area (Å²) in [4.78, 5) is 14.6. The Morgan fingerprint density at radius 3 is 2.58 bits per heavy atom. The van der Waals surface area contributed by atoms with Gasteiger partial charge in [0.2, 0.25) is 5.91 Å². The molecule has 3 aromatic rings. The van der Waals surface area contributed by atoms with E-state index in [9.17, 15) is 4.79 Å². The average molecular weight is 348 g/mol. The van der Waals surface area contributed by atoms with E-state index in [0.29, 0.717) is 6.54 Å². The molecule has 1 atom stereocenters. The molecule has 0 aliphatic heterocycles. The van der Waals surface area contributed by atoms with Gasteiger partial charge in [-0.2, -0.15) is 0 Å². The zero-order valence-electron chi connectivity index (χ0n) is 15.4. The highest BCUT2D eigenvalue weighted by atomic mass is 16.5. The van der Waals surface area contributed by atoms with Gasteiger partial charge in [0.15, 0.2) is 0 Å². The van der Waals surface area contributed by atoms with Crippen molar-refractivity contribution in [3.05, 3.63) is 72.3 Å². The molecule has 3 rings (SSSR count). The van der Waals surface area contributed by atoms with Gasteiger partial charge in [0.25, 0.3) is 0 Å². The summed E-state index contributed by atoms with van der Waals surface area (Å²) >= 11 is 0. The van der Waals surface area contributed by atoms with Crippen LogP contribution in [-0.2, 0) is 11.3 Å². The molecule has 0 saturated heterocycles. The molecule has 0 fully saturated rings. The number of nitrogens with zero attached hydrogens (tertiary/aromatic N) is 1. The van der Waals surface area contributed by atoms with Crippen LogP contribution in [0.3, 0.4) is 0 Å². The molecule has 1 amide bonds. The van der Waals surface area contributed by atoms with Crippen LogP contribution in [0.5, 0.6) is 5.75 Å². The van der Waals surface area contributed by atoms with Crippen LogP contribution in [0.1, 0.15) is 12.5 Å². The van der Waals surface area contributed by atoms with Crippen LogP contribution in [0.4, 0.5) is 5.69 Å². The Hall–Kier alpha value is -2.85. The number of rotatable bonds is 6. The summed E-state index contributed by atoms with van der Waals surface area (Å²) in [5, 5.41) is 5.29. The van der Waals surface area contributed by atoms with Gasteiger partial charge in [-0.25, -0.2) is 0 Å². The molecule has 1 N–H and O–H groups in total. The second-order valence-corrected chi connectivity index (χ2v) is 6.49. The van der Waals surface area contributed by atoms with Gasteiger partial charge in [-0.05, 0) is 54.6 Å². The summed E-state index contributed by atoms with van der Waals surface area (Å²) in [6.45, 7) is 2.58. The molecular formula is C22H24N2O2. The lowest BCUT2D eigenvalue weighted by Crippen LogP contribution is -2.39. The van der Waals surface area contributed by atoms with E-state index in [4.69, 9.17) is 4.74 Å². The number of fused-ring (bicyclic) bond motifs is 1. The van der Waals surface area contributed by atoms with Gasteiger partial charge >= 0.3 is 0 Å². The summed E-state index contributed by atoms with van der Waals surface area (Å²) in [5.41, 5.74) is 1.92. The van der Waals surface area contributed by atoms with E-state index in [-0.39, 0.29) is 11.9 Å². The van der Waals surface area contributed by atoms with Gasteiger partial charge in [0.1, 0.15) is 5.75 Å². The SMILES string of the molecule is COc1cccc(CN(C)[C@@H](C)C(=O)Nc2ccc3ccccc3c2)c1. The minimum Gasteiger partial charge on any atom is -0.497 e. The normalized spacial score (nSPS) is 12.2. The standard InChI is InChI=1S/C22H24N2O2/c1-16(24(2)15-17-7-6-10-21(13-17)26-3)22(25)23-20-12-11-18-8-4-5-9-19(18)14-20/h4-14,16H,15H2,1-3H3,(H,23,25)/t16-/m0/s1. The number of carbonyl (C=O) groups excluding carboxylic acids is 1. The lowest BCUT2D eigenvalue weighted by atomic mass is 10.1. The molecule has 26 heavy (non-hydrogen) atoms. The molecule has 4 nitrogen and oxygen atoms in total. The van der Waals surface area contributed by atoms with Crippen molar-refractivity contribution in [3.8, 4) is 5.75 Å². The van der Waals surface area contributed by atoms with E-state index in [2.05, 4.69) is 11.4 Å². The maximum Gasteiger partial charge on any atom is 0.241 e. The van der Waals surface area contributed by atoms with Crippen LogP contribution in [0.15, 0.2) is 66.7 Å². The molecule has 0 heterocycles. The molecule has 0 radical (unpaired) electrons. The Morgan fingerprint density at radius 2 is 1.81 bits per heavy atom. The number of amides is 1. The van der Waals surface area contributed by atoms with E-state index in [1.54, 1.807) is 7.11 Å². The van der Waals surface area contributed by atoms with Crippen molar-refractivity contribution in [2.75, 3.05) is 19.5 Å². The molecule has 3 aromatic carbocycles. The smallest absolute Gasteiger partial charge is 0.241 e. The number of carbonyl (C=O) groups is 1. The first-order valence-electron chi connectivity index (χ1n) is 8.69. The number of anilines is 1. The fourth-order valence-electron chi connectivity index (χ4n) is 2.91. The van der Waals surface area contributed by atoms with E-state index in [0.717, 1.165) is 27.8 Å². The highest BCUT2D eigenvalue weighted by Gasteiger charge is 2.18. The number of hydrogen-bond acceptors (Lipinski definition) is 3. The van der Waals surface area contributed by atoms with Crippen molar-refractivity contribution in [1.82, 2.24) is 4.90 Å². The second-order valence-electron chi connectivity index (χ2n) is 6.49. The quantitative estimate of drug-likeness (QED) is 0.722. The minimum absolute atomic E-state index is 0.0225. The molecule has 0 unspecified atom stereocenters. The molecule has 134 valence electrons. The van der Waals surface area contributed by atoms with E-state index >= 15 is 0 Å². The largest absolute Gasteiger partial charge is 0.497 e. The maximum absolute atomic E-state index is 12.6. The monoisotopic (exact) mass is 348 g/mol. The second kappa shape index (κ2) is 8.02. The van der Waals surface area contributed by atoms with Crippen molar-refractivity contribution in [1.29, 1.82) is 0 Å². The molecule has 0 aromatic heterocycles. The lowest BCUT2D eigenvalue weighted by molar-refractivity contribution is -0.120. The molecule has 0 bridgehead atoms. The zero-order chi connectivity index (χ0) is 18.5. The first-order chi connectivity index (χ1) is 12.6. The van der Waals surface area contributed by atoms with Crippen LogP contribution < -0.4 is 10.1 Å². The number of ether oxygens (including phenoxy) is 1. The third-order valence-electron chi connectivity index (χ3n) is 4.62. The predicted octanol–water partition coefficient (Wildman–Crippen LogP) is 4.31. The van der Waals surface area contributed by atoms with Gasteiger partial charge in [0.05, 0.1) is 13.2 Å². The van der Waals surface area contributed by atoms with Crippen molar-refractivity contribution < 1.29 is 9.53 Å². The van der Waals surface area contributed by atoms with Crippen LogP contribution in [0.25, 0.3) is 10.8 Å². The Labute approximate surface area is 154 Å². The van der Waals surface area contributed by atoms with E-state index < -0.39 is 0 Å². The third kappa shape index (κ3) is 4.21.